The van der Waals surface area contributed by atoms with Gasteiger partial charge in [-0.3, -0.25) is 4.79 Å². The average Bonchev–Trinajstić information content (AvgIpc) is 3.40. The zero-order chi connectivity index (χ0) is 17.9. The van der Waals surface area contributed by atoms with E-state index in [9.17, 15) is 4.79 Å². The van der Waals surface area contributed by atoms with Crippen LogP contribution in [0.25, 0.3) is 11.0 Å². The second-order valence-electron chi connectivity index (χ2n) is 6.10. The molecule has 0 unspecified atom stereocenters. The van der Waals surface area contributed by atoms with E-state index in [-0.39, 0.29) is 25.2 Å². The molecule has 9 heteroatoms. The maximum Gasteiger partial charge on any atom is 0.255 e. The Kier molecular flexibility index (Phi) is 4.63. The van der Waals surface area contributed by atoms with Crippen LogP contribution >= 0.6 is 0 Å². The molecular formula is C17H19N5O4. The SMILES string of the molecule is O=C(NCc1noc([C@H]2CCCO2)n1)c1ccc2c(c1)ncn2CCO. The second-order valence-corrected chi connectivity index (χ2v) is 6.10. The Hall–Kier alpha value is -2.78. The van der Waals surface area contributed by atoms with Gasteiger partial charge in [0.2, 0.25) is 0 Å². The summed E-state index contributed by atoms with van der Waals surface area (Å²) in [6, 6.07) is 5.25. The molecule has 2 N–H and O–H groups in total. The Morgan fingerprint density at radius 2 is 2.35 bits per heavy atom. The van der Waals surface area contributed by atoms with Crippen molar-refractivity contribution in [3.63, 3.8) is 0 Å². The van der Waals surface area contributed by atoms with Crippen LogP contribution in [0.1, 0.15) is 41.0 Å². The van der Waals surface area contributed by atoms with Crippen molar-refractivity contribution in [1.82, 2.24) is 25.0 Å². The number of hydrogen-bond donors (Lipinski definition) is 2. The number of carbonyl (C=O) groups is 1. The summed E-state index contributed by atoms with van der Waals surface area (Å²) in [6.45, 7) is 1.38. The van der Waals surface area contributed by atoms with Crippen LogP contribution in [0.5, 0.6) is 0 Å². The van der Waals surface area contributed by atoms with E-state index in [1.165, 1.54) is 0 Å². The van der Waals surface area contributed by atoms with Crippen LogP contribution in [-0.2, 0) is 17.8 Å². The van der Waals surface area contributed by atoms with Crippen LogP contribution in [0, 0.1) is 0 Å². The molecule has 1 fully saturated rings. The number of benzene rings is 1. The van der Waals surface area contributed by atoms with E-state index in [4.69, 9.17) is 14.4 Å². The molecule has 0 spiro atoms. The summed E-state index contributed by atoms with van der Waals surface area (Å²) < 4.78 is 12.5. The van der Waals surface area contributed by atoms with E-state index < -0.39 is 0 Å². The monoisotopic (exact) mass is 357 g/mol. The minimum absolute atomic E-state index is 0.0340. The van der Waals surface area contributed by atoms with Gasteiger partial charge in [0, 0.05) is 18.7 Å². The van der Waals surface area contributed by atoms with Gasteiger partial charge in [-0.05, 0) is 31.0 Å². The highest BCUT2D eigenvalue weighted by atomic mass is 16.5. The van der Waals surface area contributed by atoms with Gasteiger partial charge in [0.1, 0.15) is 6.10 Å². The van der Waals surface area contributed by atoms with Gasteiger partial charge in [0.25, 0.3) is 11.8 Å². The predicted octanol–water partition coefficient (Wildman–Crippen LogP) is 1.19. The number of amides is 1. The van der Waals surface area contributed by atoms with Gasteiger partial charge >= 0.3 is 0 Å². The Morgan fingerprint density at radius 3 is 3.15 bits per heavy atom. The van der Waals surface area contributed by atoms with Crippen LogP contribution in [-0.4, -0.2) is 43.9 Å². The number of nitrogens with zero attached hydrogens (tertiary/aromatic N) is 4. The van der Waals surface area contributed by atoms with Crippen LogP contribution in [0.15, 0.2) is 29.0 Å². The molecule has 0 aliphatic carbocycles. The fourth-order valence-corrected chi connectivity index (χ4v) is 2.99. The van der Waals surface area contributed by atoms with Crippen LogP contribution in [0.2, 0.25) is 0 Å². The summed E-state index contributed by atoms with van der Waals surface area (Å²) in [5, 5.41) is 15.7. The van der Waals surface area contributed by atoms with Crippen molar-refractivity contribution in [3.8, 4) is 0 Å². The quantitative estimate of drug-likeness (QED) is 0.681. The van der Waals surface area contributed by atoms with E-state index in [1.807, 2.05) is 10.6 Å². The molecule has 1 atom stereocenters. The molecule has 136 valence electrons. The van der Waals surface area contributed by atoms with Gasteiger partial charge < -0.3 is 24.3 Å². The lowest BCUT2D eigenvalue weighted by atomic mass is 10.2. The summed E-state index contributed by atoms with van der Waals surface area (Å²) in [6.07, 6.45) is 3.37. The molecule has 9 nitrogen and oxygen atoms in total. The number of fused-ring (bicyclic) bond motifs is 1. The lowest BCUT2D eigenvalue weighted by Crippen LogP contribution is -2.23. The Balaban J connectivity index is 1.41. The highest BCUT2D eigenvalue weighted by molar-refractivity contribution is 5.97. The fourth-order valence-electron chi connectivity index (χ4n) is 2.99. The smallest absolute Gasteiger partial charge is 0.255 e. The number of nitrogens with one attached hydrogen (secondary N) is 1. The van der Waals surface area contributed by atoms with Crippen LogP contribution in [0.4, 0.5) is 0 Å². The minimum atomic E-state index is -0.243. The maximum atomic E-state index is 12.4. The Morgan fingerprint density at radius 1 is 1.42 bits per heavy atom. The number of rotatable bonds is 6. The van der Waals surface area contributed by atoms with Crippen molar-refractivity contribution in [3.05, 3.63) is 41.8 Å². The molecule has 1 aliphatic rings. The lowest BCUT2D eigenvalue weighted by Gasteiger charge is -2.04. The molecule has 1 amide bonds. The second kappa shape index (κ2) is 7.22. The molecule has 2 aromatic heterocycles. The molecule has 4 rings (SSSR count). The fraction of sp³-hybridized carbons (Fsp3) is 0.412. The summed E-state index contributed by atoms with van der Waals surface area (Å²) in [7, 11) is 0. The Labute approximate surface area is 149 Å². The number of aliphatic hydroxyl groups is 1. The third-order valence-corrected chi connectivity index (χ3v) is 4.32. The highest BCUT2D eigenvalue weighted by Gasteiger charge is 2.23. The maximum absolute atomic E-state index is 12.4. The van der Waals surface area contributed by atoms with Crippen LogP contribution in [0.3, 0.4) is 0 Å². The largest absolute Gasteiger partial charge is 0.395 e. The molecule has 3 heterocycles. The van der Waals surface area contributed by atoms with E-state index >= 15 is 0 Å². The standard InChI is InChI=1S/C17H19N5O4/c23-6-5-22-10-19-12-8-11(3-4-13(12)22)16(24)18-9-15-20-17(26-21-15)14-2-1-7-25-14/h3-4,8,10,14,23H,1-2,5-7,9H2,(H,18,24)/t14-/m1/s1. The van der Waals surface area contributed by atoms with E-state index in [0.717, 1.165) is 18.4 Å². The first-order valence-corrected chi connectivity index (χ1v) is 8.52. The number of imidazole rings is 1. The normalized spacial score (nSPS) is 17.0. The topological polar surface area (TPSA) is 115 Å². The molecule has 0 radical (unpaired) electrons. The average molecular weight is 357 g/mol. The number of aromatic nitrogens is 4. The van der Waals surface area contributed by atoms with E-state index in [0.29, 0.717) is 35.9 Å². The van der Waals surface area contributed by atoms with Crippen molar-refractivity contribution in [2.24, 2.45) is 0 Å². The summed E-state index contributed by atoms with van der Waals surface area (Å²) in [5.41, 5.74) is 2.07. The first-order valence-electron chi connectivity index (χ1n) is 8.52. The molecule has 3 aromatic rings. The summed E-state index contributed by atoms with van der Waals surface area (Å²) >= 11 is 0. The predicted molar refractivity (Wildman–Crippen MR) is 90.2 cm³/mol. The third kappa shape index (κ3) is 3.31. The number of ether oxygens (including phenoxy) is 1. The van der Waals surface area contributed by atoms with Gasteiger partial charge in [-0.25, -0.2) is 4.98 Å². The van der Waals surface area contributed by atoms with E-state index in [1.54, 1.807) is 18.5 Å². The molecule has 0 bridgehead atoms. The summed E-state index contributed by atoms with van der Waals surface area (Å²) in [5.74, 6) is 0.631. The number of carbonyl (C=O) groups excluding carboxylic acids is 1. The number of aliphatic hydroxyl groups excluding tert-OH is 1. The molecule has 26 heavy (non-hydrogen) atoms. The summed E-state index contributed by atoms with van der Waals surface area (Å²) in [4.78, 5) is 20.9. The zero-order valence-electron chi connectivity index (χ0n) is 14.1. The first-order chi connectivity index (χ1) is 12.7. The first kappa shape index (κ1) is 16.7. The third-order valence-electron chi connectivity index (χ3n) is 4.32. The van der Waals surface area contributed by atoms with Crippen molar-refractivity contribution in [1.29, 1.82) is 0 Å². The zero-order valence-corrected chi connectivity index (χ0v) is 14.1. The van der Waals surface area contributed by atoms with Crippen molar-refractivity contribution in [2.75, 3.05) is 13.2 Å². The molecule has 1 aromatic carbocycles. The van der Waals surface area contributed by atoms with Gasteiger partial charge in [0.15, 0.2) is 5.82 Å². The Bertz CT molecular complexity index is 913. The van der Waals surface area contributed by atoms with Crippen molar-refractivity contribution in [2.45, 2.75) is 32.0 Å². The molecular weight excluding hydrogens is 338 g/mol. The molecule has 1 aliphatic heterocycles. The molecule has 1 saturated heterocycles. The van der Waals surface area contributed by atoms with E-state index in [2.05, 4.69) is 20.4 Å². The minimum Gasteiger partial charge on any atom is -0.395 e. The van der Waals surface area contributed by atoms with Crippen molar-refractivity contribution < 1.29 is 19.2 Å². The van der Waals surface area contributed by atoms with Gasteiger partial charge in [0.05, 0.1) is 30.5 Å². The lowest BCUT2D eigenvalue weighted by molar-refractivity contribution is 0.0835. The van der Waals surface area contributed by atoms with Crippen LogP contribution < -0.4 is 5.32 Å². The highest BCUT2D eigenvalue weighted by Crippen LogP contribution is 2.26. The van der Waals surface area contributed by atoms with Crippen molar-refractivity contribution >= 4 is 16.9 Å². The molecule has 0 saturated carbocycles. The van der Waals surface area contributed by atoms with Gasteiger partial charge in [-0.2, -0.15) is 4.98 Å². The number of hydrogen-bond acceptors (Lipinski definition) is 7. The van der Waals surface area contributed by atoms with Gasteiger partial charge in [-0.15, -0.1) is 0 Å². The van der Waals surface area contributed by atoms with Gasteiger partial charge in [-0.1, -0.05) is 5.16 Å².